The summed E-state index contributed by atoms with van der Waals surface area (Å²) in [6.07, 6.45) is 3.65. The van der Waals surface area contributed by atoms with Crippen molar-refractivity contribution < 1.29 is 31.8 Å². The van der Waals surface area contributed by atoms with Gasteiger partial charge in [0.15, 0.2) is 0 Å². The van der Waals surface area contributed by atoms with Crippen LogP contribution in [0.5, 0.6) is 0 Å². The van der Waals surface area contributed by atoms with E-state index >= 15 is 0 Å². The molecule has 0 aliphatic rings. The first-order chi connectivity index (χ1) is 4.15. The van der Waals surface area contributed by atoms with Gasteiger partial charge in [0.2, 0.25) is 0 Å². The maximum Gasteiger partial charge on any atom is 1.00 e. The SMILES string of the molecule is O=[S-](=O)O.[CH2]CCCC.[Li+]. The van der Waals surface area contributed by atoms with Crippen LogP contribution in [0.4, 0.5) is 0 Å². The predicted octanol–water partition coefficient (Wildman–Crippen LogP) is -1.22. The Labute approximate surface area is 76.2 Å². The second-order valence-corrected chi connectivity index (χ2v) is 1.86. The summed E-state index contributed by atoms with van der Waals surface area (Å²) in [4.78, 5) is 0. The summed E-state index contributed by atoms with van der Waals surface area (Å²) < 4.78 is 24.1. The van der Waals surface area contributed by atoms with Crippen LogP contribution in [0.25, 0.3) is 0 Å². The van der Waals surface area contributed by atoms with Crippen LogP contribution in [-0.4, -0.2) is 4.55 Å². The summed E-state index contributed by atoms with van der Waals surface area (Å²) in [5, 5.41) is 0. The molecular weight excluding hydrogens is 147 g/mol. The molecule has 1 N–H and O–H groups in total. The fourth-order valence-electron chi connectivity index (χ4n) is 0.250. The quantitative estimate of drug-likeness (QED) is 0.238. The summed E-state index contributed by atoms with van der Waals surface area (Å²) in [6, 6.07) is 0. The first-order valence-electron chi connectivity index (χ1n) is 2.72. The van der Waals surface area contributed by atoms with Crippen molar-refractivity contribution in [3.05, 3.63) is 6.92 Å². The summed E-state index contributed by atoms with van der Waals surface area (Å²) in [5.41, 5.74) is 0. The molecule has 0 rings (SSSR count). The van der Waals surface area contributed by atoms with Gasteiger partial charge in [-0.05, 0) is 0 Å². The van der Waals surface area contributed by atoms with Gasteiger partial charge in [0.1, 0.15) is 0 Å². The van der Waals surface area contributed by atoms with Gasteiger partial charge >= 0.3 is 18.9 Å². The van der Waals surface area contributed by atoms with Crippen LogP contribution < -0.4 is 18.9 Å². The average Bonchev–Trinajstić information content (AvgIpc) is 1.66. The van der Waals surface area contributed by atoms with E-state index in [2.05, 4.69) is 13.8 Å². The minimum Gasteiger partial charge on any atom is -0.439 e. The Morgan fingerprint density at radius 2 is 1.80 bits per heavy atom. The molecule has 0 heterocycles. The average molecular weight is 159 g/mol. The minimum atomic E-state index is -2.86. The Morgan fingerprint density at radius 1 is 1.50 bits per heavy atom. The van der Waals surface area contributed by atoms with E-state index < -0.39 is 11.0 Å². The number of hydrogen-bond acceptors (Lipinski definition) is 3. The zero-order valence-corrected chi connectivity index (χ0v) is 7.32. The Hall–Kier alpha value is 0.507. The number of rotatable bonds is 2. The van der Waals surface area contributed by atoms with E-state index in [1.165, 1.54) is 12.8 Å². The van der Waals surface area contributed by atoms with Gasteiger partial charge in [-0.3, -0.25) is 0 Å². The molecule has 0 unspecified atom stereocenters. The van der Waals surface area contributed by atoms with Crippen LogP contribution in [0, 0.1) is 6.92 Å². The van der Waals surface area contributed by atoms with Gasteiger partial charge in [-0.15, -0.1) is 0 Å². The molecule has 0 saturated carbocycles. The molecule has 10 heavy (non-hydrogen) atoms. The molecule has 57 valence electrons. The Bertz CT molecular complexity index is 93.1. The van der Waals surface area contributed by atoms with Crippen molar-refractivity contribution in [2.75, 3.05) is 0 Å². The summed E-state index contributed by atoms with van der Waals surface area (Å²) in [6.45, 7) is 5.85. The molecule has 0 amide bonds. The topological polar surface area (TPSA) is 54.4 Å². The Kier molecular flexibility index (Phi) is 27.4. The standard InChI is InChI=1S/C5H11.Li.HO3S/c1-3-5-4-2;;1-4(2)3/h1,3-5H2,2H3;;(H,1,2,3)/q;+1;-1. The largest absolute Gasteiger partial charge is 1.00 e. The molecule has 0 aliphatic carbocycles. The first-order valence-corrected chi connectivity index (χ1v) is 3.75. The van der Waals surface area contributed by atoms with Crippen molar-refractivity contribution in [1.82, 2.24) is 0 Å². The predicted molar refractivity (Wildman–Crippen MR) is 36.2 cm³/mol. The molecule has 1 radical (unpaired) electrons. The maximum atomic E-state index is 8.56. The Morgan fingerprint density at radius 3 is 1.80 bits per heavy atom. The van der Waals surface area contributed by atoms with Crippen molar-refractivity contribution in [2.45, 2.75) is 26.2 Å². The van der Waals surface area contributed by atoms with E-state index in [-0.39, 0.29) is 18.9 Å². The van der Waals surface area contributed by atoms with Gasteiger partial charge in [-0.1, -0.05) is 33.1 Å². The van der Waals surface area contributed by atoms with E-state index in [1.807, 2.05) is 0 Å². The van der Waals surface area contributed by atoms with Crippen molar-refractivity contribution in [2.24, 2.45) is 0 Å². The molecule has 0 aromatic carbocycles. The fraction of sp³-hybridized carbons (Fsp3) is 0.800. The zero-order valence-electron chi connectivity index (χ0n) is 6.50. The van der Waals surface area contributed by atoms with Gasteiger partial charge < -0.3 is 13.0 Å². The van der Waals surface area contributed by atoms with Crippen molar-refractivity contribution >= 4 is 11.0 Å². The summed E-state index contributed by atoms with van der Waals surface area (Å²) in [5.74, 6) is 0. The van der Waals surface area contributed by atoms with Crippen LogP contribution in [-0.2, 0) is 19.4 Å². The molecule has 0 atom stereocenters. The molecule has 0 aliphatic heterocycles. The minimum absolute atomic E-state index is 0. The molecule has 0 fully saturated rings. The van der Waals surface area contributed by atoms with E-state index in [1.54, 1.807) is 0 Å². The summed E-state index contributed by atoms with van der Waals surface area (Å²) in [7, 11) is -2.86. The van der Waals surface area contributed by atoms with Crippen molar-refractivity contribution in [1.29, 1.82) is 0 Å². The van der Waals surface area contributed by atoms with Crippen LogP contribution in [0.2, 0.25) is 0 Å². The molecule has 3 nitrogen and oxygen atoms in total. The van der Waals surface area contributed by atoms with Gasteiger partial charge in [-0.25, -0.2) is 0 Å². The number of unbranched alkanes of at least 4 members (excludes halogenated alkanes) is 2. The van der Waals surface area contributed by atoms with E-state index in [9.17, 15) is 0 Å². The molecule has 0 aromatic heterocycles. The molecule has 0 saturated heterocycles. The van der Waals surface area contributed by atoms with Crippen molar-refractivity contribution in [3.8, 4) is 0 Å². The second kappa shape index (κ2) is 16.2. The molecule has 5 heteroatoms. The summed E-state index contributed by atoms with van der Waals surface area (Å²) >= 11 is 0. The zero-order chi connectivity index (χ0) is 7.70. The van der Waals surface area contributed by atoms with Crippen LogP contribution in [0.1, 0.15) is 26.2 Å². The molecule has 0 spiro atoms. The fourth-order valence-corrected chi connectivity index (χ4v) is 0.250. The van der Waals surface area contributed by atoms with Gasteiger partial charge in [-0.2, -0.15) is 0 Å². The smallest absolute Gasteiger partial charge is 0.439 e. The van der Waals surface area contributed by atoms with Gasteiger partial charge in [0.05, 0.1) is 0 Å². The van der Waals surface area contributed by atoms with E-state index in [4.69, 9.17) is 13.0 Å². The second-order valence-electron chi connectivity index (χ2n) is 1.42. The number of hydrogen-bond donors (Lipinski definition) is 1. The Balaban J connectivity index is -0.0000000910. The van der Waals surface area contributed by atoms with Crippen LogP contribution in [0.15, 0.2) is 0 Å². The maximum absolute atomic E-state index is 8.56. The third-order valence-corrected chi connectivity index (χ3v) is 0.604. The van der Waals surface area contributed by atoms with Crippen molar-refractivity contribution in [3.63, 3.8) is 0 Å². The van der Waals surface area contributed by atoms with Crippen LogP contribution >= 0.6 is 0 Å². The third kappa shape index (κ3) is 76.3. The molecule has 0 bridgehead atoms. The van der Waals surface area contributed by atoms with Gasteiger partial charge in [0.25, 0.3) is 0 Å². The van der Waals surface area contributed by atoms with Crippen LogP contribution in [0.3, 0.4) is 0 Å². The first kappa shape index (κ1) is 16.9. The van der Waals surface area contributed by atoms with E-state index in [0.29, 0.717) is 0 Å². The third-order valence-electron chi connectivity index (χ3n) is 0.604. The molecule has 0 aromatic rings. The molecular formula is C5H12LiO3S. The normalized spacial score (nSPS) is 7.60. The van der Waals surface area contributed by atoms with Gasteiger partial charge in [0, 0.05) is 11.0 Å². The monoisotopic (exact) mass is 159 g/mol. The van der Waals surface area contributed by atoms with E-state index in [0.717, 1.165) is 6.42 Å².